The van der Waals surface area contributed by atoms with Crippen LogP contribution in [0.4, 0.5) is 5.82 Å². The molecule has 26 heavy (non-hydrogen) atoms. The fourth-order valence-electron chi connectivity index (χ4n) is 4.33. The minimum Gasteiger partial charge on any atom is -0.443 e. The zero-order valence-electron chi connectivity index (χ0n) is 16.0. The van der Waals surface area contributed by atoms with Gasteiger partial charge in [0.15, 0.2) is 0 Å². The van der Waals surface area contributed by atoms with Gasteiger partial charge >= 0.3 is 0 Å². The van der Waals surface area contributed by atoms with Gasteiger partial charge in [0.1, 0.15) is 17.4 Å². The first-order valence-corrected chi connectivity index (χ1v) is 9.82. The van der Waals surface area contributed by atoms with Crippen LogP contribution in [0.2, 0.25) is 0 Å². The van der Waals surface area contributed by atoms with Gasteiger partial charge in [-0.05, 0) is 46.5 Å². The number of hydrogen-bond donors (Lipinski definition) is 1. The summed E-state index contributed by atoms with van der Waals surface area (Å²) in [4.78, 5) is 24.2. The fraction of sp³-hybridized carbons (Fsp3) is 0.650. The molecule has 1 saturated heterocycles. The molecule has 0 bridgehead atoms. The molecule has 2 fully saturated rings. The molecule has 1 aliphatic heterocycles. The first-order chi connectivity index (χ1) is 12.5. The van der Waals surface area contributed by atoms with E-state index < -0.39 is 0 Å². The fourth-order valence-corrected chi connectivity index (χ4v) is 4.33. The van der Waals surface area contributed by atoms with Crippen molar-refractivity contribution < 1.29 is 9.21 Å². The summed E-state index contributed by atoms with van der Waals surface area (Å²) in [6.07, 6.45) is 6.68. The van der Waals surface area contributed by atoms with Crippen molar-refractivity contribution >= 4 is 22.8 Å². The van der Waals surface area contributed by atoms with E-state index >= 15 is 0 Å². The molecule has 1 saturated carbocycles. The van der Waals surface area contributed by atoms with Crippen LogP contribution in [0, 0.1) is 26.7 Å². The van der Waals surface area contributed by atoms with E-state index in [0.717, 1.165) is 54.8 Å². The number of furan rings is 1. The van der Waals surface area contributed by atoms with Gasteiger partial charge in [-0.2, -0.15) is 4.98 Å². The second-order valence-corrected chi connectivity index (χ2v) is 7.83. The van der Waals surface area contributed by atoms with Crippen molar-refractivity contribution in [3.63, 3.8) is 0 Å². The van der Waals surface area contributed by atoms with Gasteiger partial charge in [0.05, 0.1) is 11.3 Å². The van der Waals surface area contributed by atoms with Crippen LogP contribution in [0.3, 0.4) is 0 Å². The summed E-state index contributed by atoms with van der Waals surface area (Å²) in [5.41, 5.74) is 1.74. The average molecular weight is 356 g/mol. The van der Waals surface area contributed by atoms with E-state index in [1.165, 1.54) is 12.8 Å². The topological polar surface area (TPSA) is 71.3 Å². The van der Waals surface area contributed by atoms with Gasteiger partial charge < -0.3 is 14.6 Å². The predicted octanol–water partition coefficient (Wildman–Crippen LogP) is 3.42. The predicted molar refractivity (Wildman–Crippen MR) is 101 cm³/mol. The van der Waals surface area contributed by atoms with E-state index in [4.69, 9.17) is 9.40 Å². The second kappa shape index (κ2) is 6.89. The third-order valence-electron chi connectivity index (χ3n) is 5.91. The smallest absolute Gasteiger partial charge is 0.231 e. The molecule has 2 aromatic rings. The van der Waals surface area contributed by atoms with Crippen LogP contribution in [0.25, 0.3) is 11.1 Å². The normalized spacial score (nSPS) is 21.5. The lowest BCUT2D eigenvalue weighted by Crippen LogP contribution is -2.45. The number of anilines is 1. The Hall–Kier alpha value is -2.11. The Morgan fingerprint density at radius 1 is 1.12 bits per heavy atom. The van der Waals surface area contributed by atoms with Crippen LogP contribution in [-0.2, 0) is 4.79 Å². The highest BCUT2D eigenvalue weighted by Gasteiger charge is 2.30. The minimum atomic E-state index is 0.0305. The number of nitrogens with zero attached hydrogens (tertiary/aromatic N) is 3. The standard InChI is InChI=1S/C20H28N4O2/c1-12-13(2)26-20-17(12)18(21-14(3)22-20)24-10-6-7-15(11-24)19(25)23-16-8-4-5-9-16/h15-16H,4-11H2,1-3H3,(H,23,25)/t15-/m1/s1. The van der Waals surface area contributed by atoms with Crippen molar-refractivity contribution in [3.05, 3.63) is 17.1 Å². The van der Waals surface area contributed by atoms with E-state index in [-0.39, 0.29) is 11.8 Å². The lowest BCUT2D eigenvalue weighted by Gasteiger charge is -2.33. The summed E-state index contributed by atoms with van der Waals surface area (Å²) < 4.78 is 5.82. The molecular weight excluding hydrogens is 328 g/mol. The Morgan fingerprint density at radius 3 is 2.65 bits per heavy atom. The van der Waals surface area contributed by atoms with Gasteiger partial charge in [-0.25, -0.2) is 4.98 Å². The molecule has 2 aromatic heterocycles. The number of aromatic nitrogens is 2. The van der Waals surface area contributed by atoms with Crippen LogP contribution >= 0.6 is 0 Å². The highest BCUT2D eigenvalue weighted by molar-refractivity contribution is 5.90. The summed E-state index contributed by atoms with van der Waals surface area (Å²) in [5, 5.41) is 4.26. The summed E-state index contributed by atoms with van der Waals surface area (Å²) in [5.74, 6) is 2.75. The Morgan fingerprint density at radius 2 is 1.88 bits per heavy atom. The van der Waals surface area contributed by atoms with Crippen LogP contribution in [0.1, 0.15) is 55.7 Å². The van der Waals surface area contributed by atoms with E-state index in [9.17, 15) is 4.79 Å². The average Bonchev–Trinajstić information content (AvgIpc) is 3.23. The Bertz CT molecular complexity index is 823. The SMILES string of the molecule is Cc1nc(N2CCC[C@@H](C(=O)NC3CCCC3)C2)c2c(C)c(C)oc2n1. The zero-order chi connectivity index (χ0) is 18.3. The third kappa shape index (κ3) is 3.17. The van der Waals surface area contributed by atoms with Crippen molar-refractivity contribution in [1.82, 2.24) is 15.3 Å². The number of rotatable bonds is 3. The molecule has 0 unspecified atom stereocenters. The summed E-state index contributed by atoms with van der Waals surface area (Å²) in [6.45, 7) is 7.54. The monoisotopic (exact) mass is 356 g/mol. The van der Waals surface area contributed by atoms with Gasteiger partial charge in [0, 0.05) is 24.7 Å². The molecule has 1 N–H and O–H groups in total. The Balaban J connectivity index is 1.58. The maximum absolute atomic E-state index is 12.7. The maximum atomic E-state index is 12.7. The molecule has 1 atom stereocenters. The molecule has 2 aliphatic rings. The second-order valence-electron chi connectivity index (χ2n) is 7.83. The van der Waals surface area contributed by atoms with Gasteiger partial charge in [-0.1, -0.05) is 12.8 Å². The van der Waals surface area contributed by atoms with E-state index in [1.807, 2.05) is 13.8 Å². The van der Waals surface area contributed by atoms with Crippen LogP contribution in [-0.4, -0.2) is 35.0 Å². The largest absolute Gasteiger partial charge is 0.443 e. The highest BCUT2D eigenvalue weighted by atomic mass is 16.3. The molecule has 0 spiro atoms. The van der Waals surface area contributed by atoms with Crippen LogP contribution < -0.4 is 10.2 Å². The zero-order valence-corrected chi connectivity index (χ0v) is 16.0. The maximum Gasteiger partial charge on any atom is 0.231 e. The van der Waals surface area contributed by atoms with E-state index in [0.29, 0.717) is 24.1 Å². The molecule has 0 aromatic carbocycles. The molecule has 140 valence electrons. The Kier molecular flexibility index (Phi) is 4.59. The number of piperidine rings is 1. The number of nitrogens with one attached hydrogen (secondary N) is 1. The van der Waals surface area contributed by atoms with Gasteiger partial charge in [-0.3, -0.25) is 4.79 Å². The van der Waals surface area contributed by atoms with Crippen molar-refractivity contribution in [1.29, 1.82) is 0 Å². The summed E-state index contributed by atoms with van der Waals surface area (Å²) >= 11 is 0. The molecule has 3 heterocycles. The van der Waals surface area contributed by atoms with Crippen LogP contribution in [0.15, 0.2) is 4.42 Å². The highest BCUT2D eigenvalue weighted by Crippen LogP contribution is 2.33. The number of carbonyl (C=O) groups excluding carboxylic acids is 1. The van der Waals surface area contributed by atoms with Gasteiger partial charge in [0.25, 0.3) is 0 Å². The molecule has 0 radical (unpaired) electrons. The van der Waals surface area contributed by atoms with Crippen molar-refractivity contribution in [2.45, 2.75) is 65.3 Å². The Labute approximate surface area is 154 Å². The van der Waals surface area contributed by atoms with Crippen molar-refractivity contribution in [3.8, 4) is 0 Å². The molecule has 1 amide bonds. The van der Waals surface area contributed by atoms with E-state index in [2.05, 4.69) is 22.1 Å². The molecule has 6 heteroatoms. The number of carbonyl (C=O) groups is 1. The number of hydrogen-bond acceptors (Lipinski definition) is 5. The lowest BCUT2D eigenvalue weighted by molar-refractivity contribution is -0.125. The first kappa shape index (κ1) is 17.3. The van der Waals surface area contributed by atoms with Crippen molar-refractivity contribution in [2.24, 2.45) is 5.92 Å². The van der Waals surface area contributed by atoms with Gasteiger partial charge in [-0.15, -0.1) is 0 Å². The lowest BCUT2D eigenvalue weighted by atomic mass is 9.96. The molecular formula is C20H28N4O2. The van der Waals surface area contributed by atoms with Gasteiger partial charge in [0.2, 0.25) is 11.6 Å². The van der Waals surface area contributed by atoms with Crippen molar-refractivity contribution in [2.75, 3.05) is 18.0 Å². The van der Waals surface area contributed by atoms with E-state index in [1.54, 1.807) is 0 Å². The number of fused-ring (bicyclic) bond motifs is 1. The quantitative estimate of drug-likeness (QED) is 0.912. The number of amides is 1. The summed E-state index contributed by atoms with van der Waals surface area (Å²) in [6, 6.07) is 0.379. The number of aryl methyl sites for hydroxylation is 3. The van der Waals surface area contributed by atoms with Crippen LogP contribution in [0.5, 0.6) is 0 Å². The third-order valence-corrected chi connectivity index (χ3v) is 5.91. The molecule has 1 aliphatic carbocycles. The molecule has 6 nitrogen and oxygen atoms in total. The first-order valence-electron chi connectivity index (χ1n) is 9.82. The summed E-state index contributed by atoms with van der Waals surface area (Å²) in [7, 11) is 0. The minimum absolute atomic E-state index is 0.0305. The molecule has 4 rings (SSSR count).